The van der Waals surface area contributed by atoms with Gasteiger partial charge >= 0.3 is 0 Å². The third kappa shape index (κ3) is 2.90. The smallest absolute Gasteiger partial charge is 0.148 e. The zero-order valence-corrected chi connectivity index (χ0v) is 11.5. The summed E-state index contributed by atoms with van der Waals surface area (Å²) < 4.78 is 12.6. The number of nitrogens with zero attached hydrogens (tertiary/aromatic N) is 3. The number of hydrogen-bond donors (Lipinski definition) is 0. The normalized spacial score (nSPS) is 18.7. The zero-order chi connectivity index (χ0) is 13.1. The van der Waals surface area contributed by atoms with Crippen molar-refractivity contribution in [3.05, 3.63) is 41.7 Å². The molecule has 3 rings (SSSR count). The van der Waals surface area contributed by atoms with Gasteiger partial charge in [-0.25, -0.2) is 4.68 Å². The molecule has 0 bridgehead atoms. The number of benzene rings is 1. The van der Waals surface area contributed by atoms with Gasteiger partial charge in [0.25, 0.3) is 0 Å². The molecule has 0 radical (unpaired) electrons. The molecule has 0 aliphatic carbocycles. The first-order valence-electron chi connectivity index (χ1n) is 6.11. The first-order valence-corrected chi connectivity index (χ1v) is 7.16. The Morgan fingerprint density at radius 1 is 1.53 bits per heavy atom. The van der Waals surface area contributed by atoms with Crippen LogP contribution >= 0.6 is 11.8 Å². The summed E-state index contributed by atoms with van der Waals surface area (Å²) in [4.78, 5) is 0. The molecule has 1 aliphatic rings. The third-order valence-electron chi connectivity index (χ3n) is 2.90. The molecule has 1 aromatic carbocycles. The van der Waals surface area contributed by atoms with Crippen LogP contribution < -0.4 is 4.74 Å². The van der Waals surface area contributed by atoms with Crippen molar-refractivity contribution < 1.29 is 9.47 Å². The summed E-state index contributed by atoms with van der Waals surface area (Å²) in [7, 11) is 1.67. The standard InChI is InChI=1S/C13H15N3O2S/c1-17-11-4-2-3-10(7-11)8-16-9-12(14-15-16)13-18-5-6-19-13/h2-4,7,9,13H,5-6,8H2,1H3/t13-/m1/s1. The fourth-order valence-electron chi connectivity index (χ4n) is 1.99. The third-order valence-corrected chi connectivity index (χ3v) is 3.98. The average Bonchev–Trinajstić information content (AvgIpc) is 3.09. The molecule has 100 valence electrons. The Kier molecular flexibility index (Phi) is 3.70. The molecule has 19 heavy (non-hydrogen) atoms. The fourth-order valence-corrected chi connectivity index (χ4v) is 2.86. The van der Waals surface area contributed by atoms with Crippen molar-refractivity contribution in [2.45, 2.75) is 12.0 Å². The molecule has 1 fully saturated rings. The van der Waals surface area contributed by atoms with Crippen LogP contribution in [-0.4, -0.2) is 34.5 Å². The number of aromatic nitrogens is 3. The molecule has 1 atom stereocenters. The predicted molar refractivity (Wildman–Crippen MR) is 73.3 cm³/mol. The highest BCUT2D eigenvalue weighted by Gasteiger charge is 2.21. The molecule has 2 aromatic rings. The number of methoxy groups -OCH3 is 1. The number of rotatable bonds is 4. The lowest BCUT2D eigenvalue weighted by atomic mass is 10.2. The highest BCUT2D eigenvalue weighted by molar-refractivity contribution is 7.99. The summed E-state index contributed by atoms with van der Waals surface area (Å²) in [6.07, 6.45) is 1.95. The van der Waals surface area contributed by atoms with Gasteiger partial charge in [0.15, 0.2) is 0 Å². The van der Waals surface area contributed by atoms with Crippen molar-refractivity contribution in [3.8, 4) is 5.75 Å². The van der Waals surface area contributed by atoms with Gasteiger partial charge in [-0.3, -0.25) is 0 Å². The van der Waals surface area contributed by atoms with E-state index in [-0.39, 0.29) is 5.44 Å². The Balaban J connectivity index is 1.72. The highest BCUT2D eigenvalue weighted by atomic mass is 32.2. The summed E-state index contributed by atoms with van der Waals surface area (Å²) >= 11 is 1.76. The maximum absolute atomic E-state index is 5.57. The first-order chi connectivity index (χ1) is 9.35. The van der Waals surface area contributed by atoms with Crippen LogP contribution in [0.15, 0.2) is 30.5 Å². The van der Waals surface area contributed by atoms with E-state index in [0.29, 0.717) is 6.54 Å². The van der Waals surface area contributed by atoms with E-state index in [1.165, 1.54) is 0 Å². The topological polar surface area (TPSA) is 49.2 Å². The van der Waals surface area contributed by atoms with Gasteiger partial charge in [0.2, 0.25) is 0 Å². The molecule has 0 unspecified atom stereocenters. The van der Waals surface area contributed by atoms with Crippen LogP contribution in [-0.2, 0) is 11.3 Å². The van der Waals surface area contributed by atoms with Gasteiger partial charge in [0.05, 0.1) is 26.5 Å². The molecule has 0 spiro atoms. The van der Waals surface area contributed by atoms with Gasteiger partial charge in [-0.05, 0) is 17.7 Å². The number of hydrogen-bond acceptors (Lipinski definition) is 5. The van der Waals surface area contributed by atoms with E-state index >= 15 is 0 Å². The summed E-state index contributed by atoms with van der Waals surface area (Å²) in [6.45, 7) is 1.47. The Morgan fingerprint density at radius 3 is 3.26 bits per heavy atom. The van der Waals surface area contributed by atoms with E-state index in [1.807, 2.05) is 35.1 Å². The Labute approximate surface area is 115 Å². The molecule has 0 N–H and O–H groups in total. The highest BCUT2D eigenvalue weighted by Crippen LogP contribution is 2.33. The Bertz CT molecular complexity index is 552. The molecular weight excluding hydrogens is 262 g/mol. The van der Waals surface area contributed by atoms with Crippen LogP contribution in [0.1, 0.15) is 16.7 Å². The van der Waals surface area contributed by atoms with E-state index in [1.54, 1.807) is 18.9 Å². The summed E-state index contributed by atoms with van der Waals surface area (Å²) in [5, 5.41) is 8.32. The molecule has 1 aromatic heterocycles. The molecule has 6 heteroatoms. The quantitative estimate of drug-likeness (QED) is 0.856. The molecule has 1 saturated heterocycles. The second-order valence-corrected chi connectivity index (χ2v) is 5.44. The largest absolute Gasteiger partial charge is 0.497 e. The van der Waals surface area contributed by atoms with Crippen LogP contribution in [0, 0.1) is 0 Å². The van der Waals surface area contributed by atoms with Crippen LogP contribution in [0.25, 0.3) is 0 Å². The van der Waals surface area contributed by atoms with E-state index in [2.05, 4.69) is 10.3 Å². The molecular formula is C13H15N3O2S. The van der Waals surface area contributed by atoms with Crippen molar-refractivity contribution >= 4 is 11.8 Å². The lowest BCUT2D eigenvalue weighted by Gasteiger charge is -2.04. The van der Waals surface area contributed by atoms with Gasteiger partial charge in [-0.15, -0.1) is 16.9 Å². The van der Waals surface area contributed by atoms with Gasteiger partial charge in [0.1, 0.15) is 16.9 Å². The second kappa shape index (κ2) is 5.63. The SMILES string of the molecule is COc1cccc(Cn2cc([C@@H]3OCCS3)nn2)c1. The minimum absolute atomic E-state index is 0.0408. The lowest BCUT2D eigenvalue weighted by Crippen LogP contribution is -2.00. The predicted octanol–water partition coefficient (Wildman–Crippen LogP) is 2.10. The van der Waals surface area contributed by atoms with E-state index in [9.17, 15) is 0 Å². The average molecular weight is 277 g/mol. The monoisotopic (exact) mass is 277 g/mol. The maximum atomic E-state index is 5.57. The van der Waals surface area contributed by atoms with Crippen molar-refractivity contribution in [1.29, 1.82) is 0 Å². The molecule has 1 aliphatic heterocycles. The van der Waals surface area contributed by atoms with Crippen LogP contribution in [0.4, 0.5) is 0 Å². The van der Waals surface area contributed by atoms with Crippen molar-refractivity contribution in [2.75, 3.05) is 19.5 Å². The van der Waals surface area contributed by atoms with Crippen molar-refractivity contribution in [3.63, 3.8) is 0 Å². The van der Waals surface area contributed by atoms with Crippen LogP contribution in [0.2, 0.25) is 0 Å². The van der Waals surface area contributed by atoms with Gasteiger partial charge < -0.3 is 9.47 Å². The molecule has 0 amide bonds. The molecule has 5 nitrogen and oxygen atoms in total. The zero-order valence-electron chi connectivity index (χ0n) is 10.7. The van der Waals surface area contributed by atoms with Gasteiger partial charge in [0, 0.05) is 5.75 Å². The summed E-state index contributed by atoms with van der Waals surface area (Å²) in [5.41, 5.74) is 2.07. The van der Waals surface area contributed by atoms with E-state index in [0.717, 1.165) is 29.4 Å². The second-order valence-electron chi connectivity index (χ2n) is 4.27. The van der Waals surface area contributed by atoms with Crippen LogP contribution in [0.3, 0.4) is 0 Å². The Morgan fingerprint density at radius 2 is 2.47 bits per heavy atom. The van der Waals surface area contributed by atoms with Crippen molar-refractivity contribution in [1.82, 2.24) is 15.0 Å². The van der Waals surface area contributed by atoms with E-state index < -0.39 is 0 Å². The van der Waals surface area contributed by atoms with Gasteiger partial charge in [-0.1, -0.05) is 17.3 Å². The van der Waals surface area contributed by atoms with Crippen LogP contribution in [0.5, 0.6) is 5.75 Å². The minimum atomic E-state index is 0.0408. The molecule has 0 saturated carbocycles. The minimum Gasteiger partial charge on any atom is -0.497 e. The lowest BCUT2D eigenvalue weighted by molar-refractivity contribution is 0.142. The van der Waals surface area contributed by atoms with E-state index in [4.69, 9.17) is 9.47 Å². The molecule has 2 heterocycles. The van der Waals surface area contributed by atoms with Gasteiger partial charge in [-0.2, -0.15) is 0 Å². The Hall–Kier alpha value is -1.53. The first kappa shape index (κ1) is 12.5. The number of thioether (sulfide) groups is 1. The van der Waals surface area contributed by atoms with Crippen molar-refractivity contribution in [2.24, 2.45) is 0 Å². The maximum Gasteiger partial charge on any atom is 0.148 e. The number of ether oxygens (including phenoxy) is 2. The fraction of sp³-hybridized carbons (Fsp3) is 0.385. The summed E-state index contributed by atoms with van der Waals surface area (Å²) in [5.74, 6) is 1.88. The summed E-state index contributed by atoms with van der Waals surface area (Å²) in [6, 6.07) is 7.95.